The minimum Gasteiger partial charge on any atom is -0.379 e. The van der Waals surface area contributed by atoms with Crippen molar-refractivity contribution in [3.63, 3.8) is 0 Å². The molecule has 3 aliphatic rings. The summed E-state index contributed by atoms with van der Waals surface area (Å²) in [4.78, 5) is 13.5. The minimum absolute atomic E-state index is 0.315. The molecule has 0 amide bonds. The standard InChI is InChI=1S/C21H27N5O/c1-2-4-17(5-3-1)26-14-21(15-26)8-6-18(21)20(25-10-12-27-13-11-25)24-19-7-9-22-16-23-19/h1-5,7,9,16,18,20H,6,8,10-15H2,(H,22,23,24). The molecule has 1 aromatic heterocycles. The maximum atomic E-state index is 5.60. The van der Waals surface area contributed by atoms with Crippen molar-refractivity contribution in [3.8, 4) is 0 Å². The number of hydrogen-bond acceptors (Lipinski definition) is 6. The molecule has 3 fully saturated rings. The van der Waals surface area contributed by atoms with Crippen LogP contribution >= 0.6 is 0 Å². The zero-order valence-corrected chi connectivity index (χ0v) is 15.6. The van der Waals surface area contributed by atoms with E-state index < -0.39 is 0 Å². The van der Waals surface area contributed by atoms with E-state index in [2.05, 4.69) is 55.4 Å². The zero-order chi connectivity index (χ0) is 18.1. The Balaban J connectivity index is 1.33. The lowest BCUT2D eigenvalue weighted by atomic mass is 9.54. The Hall–Kier alpha value is -2.18. The van der Waals surface area contributed by atoms with Gasteiger partial charge in [-0.2, -0.15) is 0 Å². The largest absolute Gasteiger partial charge is 0.379 e. The van der Waals surface area contributed by atoms with Crippen molar-refractivity contribution in [2.45, 2.75) is 19.0 Å². The second kappa shape index (κ2) is 7.09. The van der Waals surface area contributed by atoms with E-state index in [9.17, 15) is 0 Å². The predicted octanol–water partition coefficient (Wildman–Crippen LogP) is 2.46. The van der Waals surface area contributed by atoms with E-state index in [1.165, 1.54) is 18.5 Å². The maximum Gasteiger partial charge on any atom is 0.130 e. The van der Waals surface area contributed by atoms with Gasteiger partial charge in [0, 0.05) is 49.4 Å². The van der Waals surface area contributed by atoms with Gasteiger partial charge in [-0.25, -0.2) is 9.97 Å². The summed E-state index contributed by atoms with van der Waals surface area (Å²) in [6.07, 6.45) is 6.35. The van der Waals surface area contributed by atoms with Gasteiger partial charge in [0.05, 0.1) is 19.4 Å². The molecule has 6 nitrogen and oxygen atoms in total. The first-order valence-corrected chi connectivity index (χ1v) is 9.98. The van der Waals surface area contributed by atoms with Crippen LogP contribution in [0.5, 0.6) is 0 Å². The fourth-order valence-corrected chi connectivity index (χ4v) is 4.97. The molecule has 27 heavy (non-hydrogen) atoms. The Morgan fingerprint density at radius 2 is 1.93 bits per heavy atom. The zero-order valence-electron chi connectivity index (χ0n) is 15.6. The lowest BCUT2D eigenvalue weighted by molar-refractivity contribution is -0.0727. The number of nitrogens with zero attached hydrogens (tertiary/aromatic N) is 4. The van der Waals surface area contributed by atoms with Gasteiger partial charge >= 0.3 is 0 Å². The van der Waals surface area contributed by atoms with Crippen LogP contribution in [-0.2, 0) is 4.74 Å². The summed E-state index contributed by atoms with van der Waals surface area (Å²) in [5, 5.41) is 3.73. The van der Waals surface area contributed by atoms with E-state index in [1.54, 1.807) is 6.33 Å². The molecule has 0 radical (unpaired) electrons. The summed E-state index contributed by atoms with van der Waals surface area (Å²) in [7, 11) is 0. The molecule has 2 aliphatic heterocycles. The fourth-order valence-electron chi connectivity index (χ4n) is 4.97. The molecule has 1 aliphatic carbocycles. The van der Waals surface area contributed by atoms with Crippen molar-refractivity contribution in [3.05, 3.63) is 48.9 Å². The Bertz CT molecular complexity index is 744. The van der Waals surface area contributed by atoms with Crippen LogP contribution in [0.3, 0.4) is 0 Å². The SMILES string of the molecule is c1ccc(N2CC3(CCC3C(Nc3ccncn3)N3CCOCC3)C2)cc1. The van der Waals surface area contributed by atoms with Crippen molar-refractivity contribution in [2.24, 2.45) is 11.3 Å². The molecule has 1 saturated carbocycles. The average Bonchev–Trinajstić information content (AvgIpc) is 2.68. The summed E-state index contributed by atoms with van der Waals surface area (Å²) in [6.45, 7) is 5.92. The number of benzene rings is 1. The van der Waals surface area contributed by atoms with Gasteiger partial charge < -0.3 is 15.0 Å². The van der Waals surface area contributed by atoms with E-state index in [0.717, 1.165) is 45.2 Å². The van der Waals surface area contributed by atoms with Crippen molar-refractivity contribution >= 4 is 11.5 Å². The molecular weight excluding hydrogens is 338 g/mol. The van der Waals surface area contributed by atoms with Gasteiger partial charge in [0.15, 0.2) is 0 Å². The Morgan fingerprint density at radius 3 is 2.59 bits per heavy atom. The molecule has 2 saturated heterocycles. The minimum atomic E-state index is 0.315. The van der Waals surface area contributed by atoms with Crippen LogP contribution in [0.2, 0.25) is 0 Å². The molecule has 1 aromatic carbocycles. The van der Waals surface area contributed by atoms with Gasteiger partial charge in [0.1, 0.15) is 12.1 Å². The van der Waals surface area contributed by atoms with E-state index in [0.29, 0.717) is 17.5 Å². The van der Waals surface area contributed by atoms with Crippen molar-refractivity contribution in [1.29, 1.82) is 0 Å². The molecule has 1 spiro atoms. The van der Waals surface area contributed by atoms with Crippen molar-refractivity contribution in [1.82, 2.24) is 14.9 Å². The molecule has 2 atom stereocenters. The molecule has 6 heteroatoms. The molecule has 2 aromatic rings. The number of hydrogen-bond donors (Lipinski definition) is 1. The summed E-state index contributed by atoms with van der Waals surface area (Å²) >= 11 is 0. The van der Waals surface area contributed by atoms with Gasteiger partial charge in [-0.05, 0) is 31.0 Å². The summed E-state index contributed by atoms with van der Waals surface area (Å²) in [5.41, 5.74) is 1.78. The van der Waals surface area contributed by atoms with E-state index in [1.807, 2.05) is 12.3 Å². The number of para-hydroxylation sites is 1. The maximum absolute atomic E-state index is 5.60. The van der Waals surface area contributed by atoms with E-state index >= 15 is 0 Å². The van der Waals surface area contributed by atoms with Crippen LogP contribution in [-0.4, -0.2) is 60.4 Å². The fraction of sp³-hybridized carbons (Fsp3) is 0.524. The van der Waals surface area contributed by atoms with Gasteiger partial charge in [-0.3, -0.25) is 4.90 Å². The monoisotopic (exact) mass is 365 g/mol. The van der Waals surface area contributed by atoms with Gasteiger partial charge in [-0.1, -0.05) is 18.2 Å². The second-order valence-corrected chi connectivity index (χ2v) is 8.03. The lowest BCUT2D eigenvalue weighted by Crippen LogP contribution is -2.70. The van der Waals surface area contributed by atoms with Gasteiger partial charge in [0.25, 0.3) is 0 Å². The number of anilines is 2. The third-order valence-electron chi connectivity index (χ3n) is 6.57. The topological polar surface area (TPSA) is 53.5 Å². The van der Waals surface area contributed by atoms with Crippen molar-refractivity contribution < 1.29 is 4.74 Å². The first-order chi connectivity index (χ1) is 13.3. The van der Waals surface area contributed by atoms with E-state index in [4.69, 9.17) is 4.74 Å². The smallest absolute Gasteiger partial charge is 0.130 e. The van der Waals surface area contributed by atoms with Crippen LogP contribution in [0.15, 0.2) is 48.9 Å². The Morgan fingerprint density at radius 1 is 1.11 bits per heavy atom. The molecule has 2 unspecified atom stereocenters. The van der Waals surface area contributed by atoms with Gasteiger partial charge in [0.2, 0.25) is 0 Å². The number of ether oxygens (including phenoxy) is 1. The Labute approximate surface area is 160 Å². The van der Waals surface area contributed by atoms with Crippen LogP contribution in [0.25, 0.3) is 0 Å². The van der Waals surface area contributed by atoms with Crippen LogP contribution in [0, 0.1) is 11.3 Å². The highest BCUT2D eigenvalue weighted by molar-refractivity contribution is 5.50. The van der Waals surface area contributed by atoms with Crippen LogP contribution < -0.4 is 10.2 Å². The first-order valence-electron chi connectivity index (χ1n) is 9.98. The lowest BCUT2D eigenvalue weighted by Gasteiger charge is -2.64. The highest BCUT2D eigenvalue weighted by Gasteiger charge is 2.58. The highest BCUT2D eigenvalue weighted by Crippen LogP contribution is 2.56. The molecule has 5 rings (SSSR count). The normalized spacial score (nSPS) is 25.5. The number of morpholine rings is 1. The summed E-state index contributed by atoms with van der Waals surface area (Å²) in [5.74, 6) is 1.56. The van der Waals surface area contributed by atoms with Gasteiger partial charge in [-0.15, -0.1) is 0 Å². The van der Waals surface area contributed by atoms with Crippen LogP contribution in [0.4, 0.5) is 11.5 Å². The number of rotatable bonds is 5. The molecule has 142 valence electrons. The second-order valence-electron chi connectivity index (χ2n) is 8.03. The third-order valence-corrected chi connectivity index (χ3v) is 6.57. The average molecular weight is 365 g/mol. The number of nitrogens with one attached hydrogen (secondary N) is 1. The third kappa shape index (κ3) is 3.17. The highest BCUT2D eigenvalue weighted by atomic mass is 16.5. The van der Waals surface area contributed by atoms with E-state index in [-0.39, 0.29) is 0 Å². The summed E-state index contributed by atoms with van der Waals surface area (Å²) in [6, 6.07) is 12.8. The van der Waals surface area contributed by atoms with Crippen molar-refractivity contribution in [2.75, 3.05) is 49.6 Å². The summed E-state index contributed by atoms with van der Waals surface area (Å²) < 4.78 is 5.60. The quantitative estimate of drug-likeness (QED) is 0.879. The molecule has 3 heterocycles. The Kier molecular flexibility index (Phi) is 4.45. The predicted molar refractivity (Wildman–Crippen MR) is 106 cm³/mol. The molecule has 1 N–H and O–H groups in total. The first kappa shape index (κ1) is 17.0. The molecular formula is C21H27N5O. The molecule has 0 bridgehead atoms. The number of aromatic nitrogens is 2. The van der Waals surface area contributed by atoms with Crippen LogP contribution in [0.1, 0.15) is 12.8 Å².